The van der Waals surface area contributed by atoms with Gasteiger partial charge in [0.25, 0.3) is 5.56 Å². The molecule has 0 radical (unpaired) electrons. The lowest BCUT2D eigenvalue weighted by atomic mass is 10.2. The Bertz CT molecular complexity index is 1220. The van der Waals surface area contributed by atoms with Crippen molar-refractivity contribution in [1.82, 2.24) is 14.9 Å². The number of hydrogen-bond donors (Lipinski definition) is 2. The van der Waals surface area contributed by atoms with Gasteiger partial charge in [0, 0.05) is 18.9 Å². The molecule has 1 aliphatic rings. The van der Waals surface area contributed by atoms with Crippen LogP contribution in [-0.4, -0.2) is 27.4 Å². The number of hydrogen-bond acceptors (Lipinski definition) is 4. The summed E-state index contributed by atoms with van der Waals surface area (Å²) in [5.74, 6) is -1.18. The van der Waals surface area contributed by atoms with Crippen LogP contribution >= 0.6 is 0 Å². The van der Waals surface area contributed by atoms with E-state index in [-0.39, 0.29) is 42.7 Å². The number of amides is 2. The van der Waals surface area contributed by atoms with E-state index in [1.54, 1.807) is 37.3 Å². The van der Waals surface area contributed by atoms with Crippen LogP contribution < -0.4 is 16.2 Å². The molecule has 1 aromatic heterocycles. The highest BCUT2D eigenvalue weighted by Gasteiger charge is 2.23. The molecule has 160 valence electrons. The van der Waals surface area contributed by atoms with Crippen molar-refractivity contribution >= 4 is 28.5 Å². The average molecular weight is 422 g/mol. The van der Waals surface area contributed by atoms with E-state index in [4.69, 9.17) is 0 Å². The summed E-state index contributed by atoms with van der Waals surface area (Å²) in [7, 11) is 0. The molecule has 8 heteroatoms. The molecule has 0 bridgehead atoms. The van der Waals surface area contributed by atoms with E-state index >= 15 is 0 Å². The Morgan fingerprint density at radius 2 is 1.94 bits per heavy atom. The molecule has 1 saturated carbocycles. The Kier molecular flexibility index (Phi) is 5.79. The molecular formula is C23H23FN4O3. The minimum atomic E-state index is -0.539. The molecule has 4 rings (SSSR count). The van der Waals surface area contributed by atoms with Gasteiger partial charge < -0.3 is 10.6 Å². The molecule has 31 heavy (non-hydrogen) atoms. The average Bonchev–Trinajstić information content (AvgIpc) is 3.55. The Labute approximate surface area is 178 Å². The fraction of sp³-hybridized carbons (Fsp3) is 0.304. The van der Waals surface area contributed by atoms with E-state index in [1.165, 1.54) is 16.7 Å². The highest BCUT2D eigenvalue weighted by molar-refractivity contribution is 5.91. The van der Waals surface area contributed by atoms with Crippen molar-refractivity contribution in [3.63, 3.8) is 0 Å². The maximum atomic E-state index is 14.1. The van der Waals surface area contributed by atoms with Crippen molar-refractivity contribution in [1.29, 1.82) is 0 Å². The zero-order valence-corrected chi connectivity index (χ0v) is 17.2. The summed E-state index contributed by atoms with van der Waals surface area (Å²) in [4.78, 5) is 42.1. The van der Waals surface area contributed by atoms with Gasteiger partial charge in [0.1, 0.15) is 18.1 Å². The van der Waals surface area contributed by atoms with Crippen molar-refractivity contribution in [2.45, 2.75) is 45.2 Å². The summed E-state index contributed by atoms with van der Waals surface area (Å²) < 4.78 is 15.4. The predicted octanol–water partition coefficient (Wildman–Crippen LogP) is 2.69. The minimum absolute atomic E-state index is 0.0546. The number of carbonyl (C=O) groups is 2. The van der Waals surface area contributed by atoms with Crippen molar-refractivity contribution in [2.75, 3.05) is 5.32 Å². The second-order valence-corrected chi connectivity index (χ2v) is 7.81. The number of aryl methyl sites for hydroxylation is 2. The Morgan fingerprint density at radius 1 is 1.16 bits per heavy atom. The summed E-state index contributed by atoms with van der Waals surface area (Å²) in [5, 5.41) is 5.41. The number of carbonyl (C=O) groups excluding carboxylic acids is 2. The number of aromatic nitrogens is 2. The van der Waals surface area contributed by atoms with Crippen LogP contribution in [0.1, 0.15) is 30.5 Å². The molecule has 2 amide bonds. The van der Waals surface area contributed by atoms with Crippen molar-refractivity contribution in [2.24, 2.45) is 0 Å². The Morgan fingerprint density at radius 3 is 2.68 bits per heavy atom. The predicted molar refractivity (Wildman–Crippen MR) is 115 cm³/mol. The smallest absolute Gasteiger partial charge is 0.273 e. The van der Waals surface area contributed by atoms with Crippen molar-refractivity contribution < 1.29 is 14.0 Å². The number of nitrogens with one attached hydrogen (secondary N) is 2. The summed E-state index contributed by atoms with van der Waals surface area (Å²) >= 11 is 0. The fourth-order valence-electron chi connectivity index (χ4n) is 3.38. The van der Waals surface area contributed by atoms with Crippen molar-refractivity contribution in [3.05, 3.63) is 69.9 Å². The third-order valence-electron chi connectivity index (χ3n) is 5.15. The number of para-hydroxylation sites is 2. The van der Waals surface area contributed by atoms with Crippen LogP contribution in [0.3, 0.4) is 0 Å². The van der Waals surface area contributed by atoms with E-state index < -0.39 is 17.3 Å². The van der Waals surface area contributed by atoms with E-state index in [2.05, 4.69) is 15.6 Å². The molecule has 2 aromatic carbocycles. The van der Waals surface area contributed by atoms with Gasteiger partial charge in [-0.05, 0) is 49.6 Å². The lowest BCUT2D eigenvalue weighted by molar-refractivity contribution is -0.121. The third kappa shape index (κ3) is 4.96. The van der Waals surface area contributed by atoms with E-state index in [1.807, 2.05) is 0 Å². The van der Waals surface area contributed by atoms with E-state index in [0.717, 1.165) is 18.4 Å². The molecule has 7 nitrogen and oxygen atoms in total. The molecular weight excluding hydrogens is 399 g/mol. The highest BCUT2D eigenvalue weighted by atomic mass is 19.1. The van der Waals surface area contributed by atoms with Gasteiger partial charge >= 0.3 is 0 Å². The normalized spacial score (nSPS) is 13.2. The molecule has 1 aliphatic carbocycles. The molecule has 2 N–H and O–H groups in total. The largest absolute Gasteiger partial charge is 0.353 e. The first-order valence-electron chi connectivity index (χ1n) is 10.2. The standard InChI is InChI=1S/C23H23FN4O3/c1-14-6-9-17(16(24)12-14)27-22(30)13-28-20-5-3-2-4-18(20)26-19(23(28)31)10-11-21(29)25-15-7-8-15/h2-6,9,12,15H,7-8,10-11,13H2,1H3,(H,25,29)(H,27,30). The minimum Gasteiger partial charge on any atom is -0.353 e. The number of nitrogens with zero attached hydrogens (tertiary/aromatic N) is 2. The molecule has 0 spiro atoms. The Balaban J connectivity index is 1.57. The maximum Gasteiger partial charge on any atom is 0.273 e. The monoisotopic (exact) mass is 422 g/mol. The zero-order chi connectivity index (χ0) is 22.0. The van der Waals surface area contributed by atoms with Crippen LogP contribution in [0.4, 0.5) is 10.1 Å². The summed E-state index contributed by atoms with van der Waals surface area (Å²) in [6, 6.07) is 11.7. The molecule has 1 fully saturated rings. The lowest BCUT2D eigenvalue weighted by Gasteiger charge is -2.13. The molecule has 3 aromatic rings. The molecule has 0 aliphatic heterocycles. The van der Waals surface area contributed by atoms with E-state index in [0.29, 0.717) is 11.0 Å². The van der Waals surface area contributed by atoms with Crippen LogP contribution in [0.2, 0.25) is 0 Å². The quantitative estimate of drug-likeness (QED) is 0.612. The molecule has 0 saturated heterocycles. The van der Waals surface area contributed by atoms with Gasteiger partial charge in [0.2, 0.25) is 11.8 Å². The lowest BCUT2D eigenvalue weighted by Crippen LogP contribution is -2.32. The molecule has 0 atom stereocenters. The van der Waals surface area contributed by atoms with Gasteiger partial charge in [-0.2, -0.15) is 0 Å². The van der Waals surface area contributed by atoms with Crippen LogP contribution in [0, 0.1) is 12.7 Å². The maximum absolute atomic E-state index is 14.1. The molecule has 1 heterocycles. The van der Waals surface area contributed by atoms with Gasteiger partial charge in [-0.15, -0.1) is 0 Å². The molecule has 0 unspecified atom stereocenters. The summed E-state index contributed by atoms with van der Waals surface area (Å²) in [6.07, 6.45) is 2.31. The first-order valence-corrected chi connectivity index (χ1v) is 10.2. The second kappa shape index (κ2) is 8.67. The van der Waals surface area contributed by atoms with Gasteiger partial charge in [0.05, 0.1) is 16.7 Å². The van der Waals surface area contributed by atoms with Gasteiger partial charge in [-0.1, -0.05) is 18.2 Å². The van der Waals surface area contributed by atoms with E-state index in [9.17, 15) is 18.8 Å². The number of fused-ring (bicyclic) bond motifs is 1. The number of anilines is 1. The van der Waals surface area contributed by atoms with Crippen molar-refractivity contribution in [3.8, 4) is 0 Å². The highest BCUT2D eigenvalue weighted by Crippen LogP contribution is 2.19. The third-order valence-corrected chi connectivity index (χ3v) is 5.15. The fourth-order valence-corrected chi connectivity index (χ4v) is 3.38. The van der Waals surface area contributed by atoms with Gasteiger partial charge in [-0.3, -0.25) is 19.0 Å². The first kappa shape index (κ1) is 20.7. The number of halogens is 1. The number of rotatable bonds is 7. The number of benzene rings is 2. The van der Waals surface area contributed by atoms with Crippen LogP contribution in [0.15, 0.2) is 47.3 Å². The summed E-state index contributed by atoms with van der Waals surface area (Å²) in [6.45, 7) is 1.46. The topological polar surface area (TPSA) is 93.1 Å². The van der Waals surface area contributed by atoms with Crippen LogP contribution in [0.25, 0.3) is 11.0 Å². The Hall–Kier alpha value is -3.55. The summed E-state index contributed by atoms with van der Waals surface area (Å²) in [5.41, 5.74) is 1.63. The first-order chi connectivity index (χ1) is 14.9. The SMILES string of the molecule is Cc1ccc(NC(=O)Cn2c(=O)c(CCC(=O)NC3CC3)nc3ccccc32)c(F)c1. The zero-order valence-electron chi connectivity index (χ0n) is 17.2. The van der Waals surface area contributed by atoms with Gasteiger partial charge in [-0.25, -0.2) is 9.37 Å². The van der Waals surface area contributed by atoms with Crippen LogP contribution in [-0.2, 0) is 22.6 Å². The van der Waals surface area contributed by atoms with Crippen LogP contribution in [0.5, 0.6) is 0 Å². The van der Waals surface area contributed by atoms with Gasteiger partial charge in [0.15, 0.2) is 0 Å². The second-order valence-electron chi connectivity index (χ2n) is 7.81.